The molecule has 0 aliphatic rings. The first-order chi connectivity index (χ1) is 6.83. The van der Waals surface area contributed by atoms with Gasteiger partial charge in [0.25, 0.3) is 0 Å². The summed E-state index contributed by atoms with van der Waals surface area (Å²) in [6.45, 7) is 2.17. The predicted octanol–water partition coefficient (Wildman–Crippen LogP) is 3.50. The van der Waals surface area contributed by atoms with Gasteiger partial charge >= 0.3 is 0 Å². The van der Waals surface area contributed by atoms with Gasteiger partial charge in [0.05, 0.1) is 0 Å². The molecule has 1 N–H and O–H groups in total. The molecule has 0 aliphatic heterocycles. The Morgan fingerprint density at radius 1 is 1.00 bits per heavy atom. The third-order valence-corrected chi connectivity index (χ3v) is 2.51. The van der Waals surface area contributed by atoms with E-state index in [-0.39, 0.29) is 0 Å². The van der Waals surface area contributed by atoms with Gasteiger partial charge in [0.1, 0.15) is 5.75 Å². The number of fused-ring (bicyclic) bond motifs is 1. The fraction of sp³-hybridized carbons (Fsp3) is 0.231. The number of hydrogen-bond donors (Lipinski definition) is 1. The minimum Gasteiger partial charge on any atom is -0.507 e. The zero-order chi connectivity index (χ0) is 9.97. The second-order valence-electron chi connectivity index (χ2n) is 3.54. The predicted molar refractivity (Wildman–Crippen MR) is 59.6 cm³/mol. The van der Waals surface area contributed by atoms with Crippen molar-refractivity contribution >= 4 is 10.8 Å². The number of hydrogen-bond acceptors (Lipinski definition) is 1. The highest BCUT2D eigenvalue weighted by Crippen LogP contribution is 2.27. The fourth-order valence-electron chi connectivity index (χ4n) is 1.83. The molecule has 0 bridgehead atoms. The first kappa shape index (κ1) is 9.07. The van der Waals surface area contributed by atoms with Crippen molar-refractivity contribution in [3.63, 3.8) is 0 Å². The molecular formula is C13H14O. The van der Waals surface area contributed by atoms with Crippen molar-refractivity contribution in [2.24, 2.45) is 0 Å². The van der Waals surface area contributed by atoms with Crippen LogP contribution in [0.1, 0.15) is 18.9 Å². The van der Waals surface area contributed by atoms with Crippen LogP contribution in [0, 0.1) is 0 Å². The quantitative estimate of drug-likeness (QED) is 0.761. The first-order valence-electron chi connectivity index (χ1n) is 5.02. The Hall–Kier alpha value is -1.50. The van der Waals surface area contributed by atoms with Crippen LogP contribution < -0.4 is 0 Å². The first-order valence-corrected chi connectivity index (χ1v) is 5.02. The summed E-state index contributed by atoms with van der Waals surface area (Å²) in [5.41, 5.74) is 1.32. The lowest BCUT2D eigenvalue weighted by molar-refractivity contribution is 0.481. The van der Waals surface area contributed by atoms with Gasteiger partial charge in [-0.2, -0.15) is 0 Å². The van der Waals surface area contributed by atoms with Crippen molar-refractivity contribution in [3.05, 3.63) is 42.0 Å². The Balaban J connectivity index is 2.68. The Bertz CT molecular complexity index is 446. The summed E-state index contributed by atoms with van der Waals surface area (Å²) in [6.07, 6.45) is 2.20. The molecule has 0 atom stereocenters. The molecule has 0 aliphatic carbocycles. The van der Waals surface area contributed by atoms with Gasteiger partial charge in [-0.25, -0.2) is 0 Å². The van der Waals surface area contributed by atoms with Crippen LogP contribution in [0.3, 0.4) is 0 Å². The van der Waals surface area contributed by atoms with Crippen LogP contribution in [0.5, 0.6) is 5.75 Å². The van der Waals surface area contributed by atoms with Gasteiger partial charge < -0.3 is 5.11 Å². The molecule has 0 aromatic heterocycles. The molecule has 0 unspecified atom stereocenters. The lowest BCUT2D eigenvalue weighted by atomic mass is 10.0. The number of phenolic OH excluding ortho intramolecular Hbond substituents is 1. The fourth-order valence-corrected chi connectivity index (χ4v) is 1.83. The van der Waals surface area contributed by atoms with Gasteiger partial charge in [-0.05, 0) is 23.4 Å². The molecule has 0 heterocycles. The minimum absolute atomic E-state index is 0.375. The molecule has 0 fully saturated rings. The Kier molecular flexibility index (Phi) is 2.40. The maximum Gasteiger partial charge on any atom is 0.123 e. The summed E-state index contributed by atoms with van der Waals surface area (Å²) >= 11 is 0. The van der Waals surface area contributed by atoms with Crippen molar-refractivity contribution in [2.45, 2.75) is 19.8 Å². The van der Waals surface area contributed by atoms with Crippen molar-refractivity contribution in [1.29, 1.82) is 0 Å². The normalized spacial score (nSPS) is 10.6. The van der Waals surface area contributed by atoms with E-state index in [1.165, 1.54) is 10.9 Å². The van der Waals surface area contributed by atoms with Crippen molar-refractivity contribution < 1.29 is 5.11 Å². The number of rotatable bonds is 2. The van der Waals surface area contributed by atoms with Crippen LogP contribution in [-0.4, -0.2) is 5.11 Å². The zero-order valence-corrected chi connectivity index (χ0v) is 8.33. The topological polar surface area (TPSA) is 20.2 Å². The summed E-state index contributed by atoms with van der Waals surface area (Å²) in [6, 6.07) is 11.8. The summed E-state index contributed by atoms with van der Waals surface area (Å²) in [5.74, 6) is 0.375. The minimum atomic E-state index is 0.375. The molecule has 2 rings (SSSR count). The zero-order valence-electron chi connectivity index (χ0n) is 8.33. The van der Waals surface area contributed by atoms with Gasteiger partial charge in [-0.1, -0.05) is 43.7 Å². The molecular weight excluding hydrogens is 172 g/mol. The average Bonchev–Trinajstić information content (AvgIpc) is 2.23. The van der Waals surface area contributed by atoms with Gasteiger partial charge in [-0.3, -0.25) is 0 Å². The largest absolute Gasteiger partial charge is 0.507 e. The second kappa shape index (κ2) is 3.70. The van der Waals surface area contributed by atoms with E-state index in [9.17, 15) is 5.11 Å². The van der Waals surface area contributed by atoms with Crippen LogP contribution in [-0.2, 0) is 6.42 Å². The summed E-state index contributed by atoms with van der Waals surface area (Å²) in [5, 5.41) is 11.8. The van der Waals surface area contributed by atoms with Crippen LogP contribution >= 0.6 is 0 Å². The highest BCUT2D eigenvalue weighted by molar-refractivity contribution is 5.90. The van der Waals surface area contributed by atoms with Gasteiger partial charge in [0.2, 0.25) is 0 Å². The summed E-state index contributed by atoms with van der Waals surface area (Å²) in [4.78, 5) is 0. The van der Waals surface area contributed by atoms with Crippen molar-refractivity contribution in [1.82, 2.24) is 0 Å². The lowest BCUT2D eigenvalue weighted by Crippen LogP contribution is -1.85. The maximum atomic E-state index is 9.66. The number of aromatic hydroxyl groups is 1. The van der Waals surface area contributed by atoms with Crippen LogP contribution in [0.15, 0.2) is 36.4 Å². The van der Waals surface area contributed by atoms with Crippen molar-refractivity contribution in [3.8, 4) is 5.75 Å². The van der Waals surface area contributed by atoms with E-state index in [0.717, 1.165) is 18.2 Å². The van der Waals surface area contributed by atoms with Gasteiger partial charge in [-0.15, -0.1) is 0 Å². The molecule has 1 heteroatoms. The Morgan fingerprint density at radius 3 is 2.43 bits per heavy atom. The number of aryl methyl sites for hydroxylation is 1. The lowest BCUT2D eigenvalue weighted by Gasteiger charge is -2.06. The van der Waals surface area contributed by atoms with Crippen LogP contribution in [0.2, 0.25) is 0 Å². The molecule has 0 spiro atoms. The van der Waals surface area contributed by atoms with E-state index < -0.39 is 0 Å². The van der Waals surface area contributed by atoms with E-state index in [2.05, 4.69) is 13.0 Å². The monoisotopic (exact) mass is 186 g/mol. The smallest absolute Gasteiger partial charge is 0.123 e. The number of phenols is 1. The molecule has 2 aromatic rings. The third kappa shape index (κ3) is 1.46. The van der Waals surface area contributed by atoms with E-state index in [1.54, 1.807) is 6.07 Å². The van der Waals surface area contributed by atoms with E-state index in [0.29, 0.717) is 5.75 Å². The highest BCUT2D eigenvalue weighted by Gasteiger charge is 2.02. The second-order valence-corrected chi connectivity index (χ2v) is 3.54. The van der Waals surface area contributed by atoms with E-state index in [4.69, 9.17) is 0 Å². The molecule has 0 saturated heterocycles. The van der Waals surface area contributed by atoms with Crippen molar-refractivity contribution in [2.75, 3.05) is 0 Å². The number of benzene rings is 2. The molecule has 14 heavy (non-hydrogen) atoms. The Morgan fingerprint density at radius 2 is 1.71 bits per heavy atom. The SMILES string of the molecule is CCCc1ccc(O)c2ccccc12. The third-order valence-electron chi connectivity index (χ3n) is 2.51. The molecule has 72 valence electrons. The van der Waals surface area contributed by atoms with Crippen LogP contribution in [0.4, 0.5) is 0 Å². The Labute approximate surface area is 84.0 Å². The molecule has 0 saturated carbocycles. The standard InChI is InChI=1S/C13H14O/c1-2-5-10-8-9-13(14)12-7-4-3-6-11(10)12/h3-4,6-9,14H,2,5H2,1H3. The van der Waals surface area contributed by atoms with E-state index in [1.807, 2.05) is 24.3 Å². The molecule has 2 aromatic carbocycles. The summed E-state index contributed by atoms with van der Waals surface area (Å²) < 4.78 is 0. The van der Waals surface area contributed by atoms with E-state index >= 15 is 0 Å². The maximum absolute atomic E-state index is 9.66. The highest BCUT2D eigenvalue weighted by atomic mass is 16.3. The average molecular weight is 186 g/mol. The molecule has 0 radical (unpaired) electrons. The molecule has 0 amide bonds. The molecule has 1 nitrogen and oxygen atoms in total. The van der Waals surface area contributed by atoms with Gasteiger partial charge in [0.15, 0.2) is 0 Å². The summed E-state index contributed by atoms with van der Waals surface area (Å²) in [7, 11) is 0. The van der Waals surface area contributed by atoms with Crippen LogP contribution in [0.25, 0.3) is 10.8 Å². The van der Waals surface area contributed by atoms with Gasteiger partial charge in [0, 0.05) is 5.39 Å².